The zero-order chi connectivity index (χ0) is 16.7. The molecule has 5 heteroatoms. The van der Waals surface area contributed by atoms with E-state index in [0.29, 0.717) is 17.0 Å². The van der Waals surface area contributed by atoms with Gasteiger partial charge in [0.2, 0.25) is 0 Å². The average molecular weight is 315 g/mol. The van der Waals surface area contributed by atoms with E-state index in [1.54, 1.807) is 30.5 Å². The predicted octanol–water partition coefficient (Wildman–Crippen LogP) is 3.61. The Morgan fingerprint density at radius 1 is 1.26 bits per heavy atom. The highest BCUT2D eigenvalue weighted by atomic mass is 19.1. The van der Waals surface area contributed by atoms with Gasteiger partial charge >= 0.3 is 0 Å². The first-order valence-electron chi connectivity index (χ1n) is 7.77. The Morgan fingerprint density at radius 2 is 2.04 bits per heavy atom. The number of rotatable bonds is 7. The van der Waals surface area contributed by atoms with Gasteiger partial charge < -0.3 is 10.6 Å². The highest BCUT2D eigenvalue weighted by Crippen LogP contribution is 2.11. The standard InChI is InChI=1S/C18H22FN3O/c1-13(2)7-8-21-16-9-15(10-20-12-16)18(23)22-11-14-5-3-4-6-17(14)19/h3-6,9-10,12-13,21H,7-8,11H2,1-2H3,(H,22,23). The van der Waals surface area contributed by atoms with Crippen molar-refractivity contribution in [1.82, 2.24) is 10.3 Å². The number of carbonyl (C=O) groups excluding carboxylic acids is 1. The molecule has 23 heavy (non-hydrogen) atoms. The molecule has 0 fully saturated rings. The van der Waals surface area contributed by atoms with Crippen molar-refractivity contribution in [3.05, 3.63) is 59.7 Å². The van der Waals surface area contributed by atoms with Crippen molar-refractivity contribution in [1.29, 1.82) is 0 Å². The molecule has 1 heterocycles. The molecule has 1 amide bonds. The molecule has 1 aromatic carbocycles. The summed E-state index contributed by atoms with van der Waals surface area (Å²) in [6.07, 6.45) is 4.24. The third-order valence-electron chi connectivity index (χ3n) is 3.45. The third-order valence-corrected chi connectivity index (χ3v) is 3.45. The average Bonchev–Trinajstić information content (AvgIpc) is 2.54. The summed E-state index contributed by atoms with van der Waals surface area (Å²) in [5.41, 5.74) is 1.72. The van der Waals surface area contributed by atoms with E-state index < -0.39 is 0 Å². The normalized spacial score (nSPS) is 10.6. The Bertz CT molecular complexity index is 658. The van der Waals surface area contributed by atoms with Gasteiger partial charge in [-0.2, -0.15) is 0 Å². The van der Waals surface area contributed by atoms with Gasteiger partial charge in [-0.1, -0.05) is 32.0 Å². The van der Waals surface area contributed by atoms with E-state index in [2.05, 4.69) is 29.5 Å². The van der Waals surface area contributed by atoms with Gasteiger partial charge in [-0.3, -0.25) is 9.78 Å². The van der Waals surface area contributed by atoms with Crippen LogP contribution in [-0.2, 0) is 6.54 Å². The highest BCUT2D eigenvalue weighted by molar-refractivity contribution is 5.94. The van der Waals surface area contributed by atoms with Crippen molar-refractivity contribution >= 4 is 11.6 Å². The highest BCUT2D eigenvalue weighted by Gasteiger charge is 2.08. The van der Waals surface area contributed by atoms with Crippen LogP contribution in [-0.4, -0.2) is 17.4 Å². The summed E-state index contributed by atoms with van der Waals surface area (Å²) in [7, 11) is 0. The van der Waals surface area contributed by atoms with Gasteiger partial charge in [0, 0.05) is 31.0 Å². The molecule has 1 aromatic heterocycles. The fraction of sp³-hybridized carbons (Fsp3) is 0.333. The van der Waals surface area contributed by atoms with Gasteiger partial charge in [-0.15, -0.1) is 0 Å². The Morgan fingerprint density at radius 3 is 2.78 bits per heavy atom. The molecule has 122 valence electrons. The molecular weight excluding hydrogens is 293 g/mol. The Balaban J connectivity index is 1.93. The number of nitrogens with zero attached hydrogens (tertiary/aromatic N) is 1. The zero-order valence-electron chi connectivity index (χ0n) is 13.5. The van der Waals surface area contributed by atoms with Crippen LogP contribution in [0, 0.1) is 11.7 Å². The predicted molar refractivity (Wildman–Crippen MR) is 89.8 cm³/mol. The van der Waals surface area contributed by atoms with E-state index in [1.807, 2.05) is 0 Å². The maximum Gasteiger partial charge on any atom is 0.253 e. The number of halogens is 1. The Labute approximate surface area is 136 Å². The first-order valence-corrected chi connectivity index (χ1v) is 7.77. The molecule has 0 aliphatic rings. The summed E-state index contributed by atoms with van der Waals surface area (Å²) in [5.74, 6) is 0.0194. The second kappa shape index (κ2) is 8.27. The van der Waals surface area contributed by atoms with Crippen molar-refractivity contribution in [2.45, 2.75) is 26.8 Å². The molecule has 0 aliphatic heterocycles. The van der Waals surface area contributed by atoms with Crippen LogP contribution in [0.5, 0.6) is 0 Å². The monoisotopic (exact) mass is 315 g/mol. The summed E-state index contributed by atoms with van der Waals surface area (Å²) in [5, 5.41) is 5.96. The van der Waals surface area contributed by atoms with E-state index in [1.165, 1.54) is 12.3 Å². The van der Waals surface area contributed by atoms with Crippen LogP contribution in [0.15, 0.2) is 42.7 Å². The molecule has 2 aromatic rings. The van der Waals surface area contributed by atoms with Gasteiger partial charge in [0.05, 0.1) is 11.3 Å². The molecule has 0 spiro atoms. The molecule has 0 radical (unpaired) electrons. The van der Waals surface area contributed by atoms with Crippen LogP contribution in [0.25, 0.3) is 0 Å². The maximum atomic E-state index is 13.5. The van der Waals surface area contributed by atoms with E-state index in [-0.39, 0.29) is 18.3 Å². The second-order valence-electron chi connectivity index (χ2n) is 5.85. The van der Waals surface area contributed by atoms with E-state index in [0.717, 1.165) is 18.7 Å². The van der Waals surface area contributed by atoms with Crippen molar-refractivity contribution < 1.29 is 9.18 Å². The minimum absolute atomic E-state index is 0.149. The topological polar surface area (TPSA) is 54.0 Å². The number of benzene rings is 1. The fourth-order valence-corrected chi connectivity index (χ4v) is 2.09. The minimum atomic E-state index is -0.324. The second-order valence-corrected chi connectivity index (χ2v) is 5.85. The Hall–Kier alpha value is -2.43. The number of anilines is 1. The molecule has 0 atom stereocenters. The smallest absolute Gasteiger partial charge is 0.253 e. The number of amides is 1. The van der Waals surface area contributed by atoms with Crippen LogP contribution in [0.2, 0.25) is 0 Å². The number of aromatic nitrogens is 1. The summed E-state index contributed by atoms with van der Waals surface area (Å²) < 4.78 is 13.5. The van der Waals surface area contributed by atoms with Crippen LogP contribution < -0.4 is 10.6 Å². The first kappa shape index (κ1) is 16.9. The first-order chi connectivity index (χ1) is 11.1. The summed E-state index contributed by atoms with van der Waals surface area (Å²) >= 11 is 0. The molecule has 2 N–H and O–H groups in total. The maximum absolute atomic E-state index is 13.5. The lowest BCUT2D eigenvalue weighted by atomic mass is 10.1. The van der Waals surface area contributed by atoms with Gasteiger partial charge in [-0.25, -0.2) is 4.39 Å². The van der Waals surface area contributed by atoms with Crippen molar-refractivity contribution in [2.24, 2.45) is 5.92 Å². The SMILES string of the molecule is CC(C)CCNc1cncc(C(=O)NCc2ccccc2F)c1. The quantitative estimate of drug-likeness (QED) is 0.820. The van der Waals surface area contributed by atoms with Crippen molar-refractivity contribution in [3.63, 3.8) is 0 Å². The minimum Gasteiger partial charge on any atom is -0.384 e. The van der Waals surface area contributed by atoms with Crippen LogP contribution in [0.3, 0.4) is 0 Å². The molecular formula is C18H22FN3O. The Kier molecular flexibility index (Phi) is 6.09. The number of nitrogens with one attached hydrogen (secondary N) is 2. The lowest BCUT2D eigenvalue weighted by molar-refractivity contribution is 0.0950. The van der Waals surface area contributed by atoms with Crippen LogP contribution in [0.4, 0.5) is 10.1 Å². The molecule has 0 aliphatic carbocycles. The lowest BCUT2D eigenvalue weighted by Gasteiger charge is -2.10. The van der Waals surface area contributed by atoms with E-state index in [4.69, 9.17) is 0 Å². The number of hydrogen-bond donors (Lipinski definition) is 2. The number of pyridine rings is 1. The van der Waals surface area contributed by atoms with Crippen LogP contribution in [0.1, 0.15) is 36.2 Å². The molecule has 2 rings (SSSR count). The van der Waals surface area contributed by atoms with Crippen molar-refractivity contribution in [3.8, 4) is 0 Å². The summed E-state index contributed by atoms with van der Waals surface area (Å²) in [6, 6.07) is 8.15. The molecule has 0 saturated carbocycles. The largest absolute Gasteiger partial charge is 0.384 e. The van der Waals surface area contributed by atoms with Gasteiger partial charge in [0.25, 0.3) is 5.91 Å². The fourth-order valence-electron chi connectivity index (χ4n) is 2.09. The van der Waals surface area contributed by atoms with Crippen molar-refractivity contribution in [2.75, 3.05) is 11.9 Å². The van der Waals surface area contributed by atoms with Gasteiger partial charge in [0.15, 0.2) is 0 Å². The molecule has 0 bridgehead atoms. The lowest BCUT2D eigenvalue weighted by Crippen LogP contribution is -2.23. The zero-order valence-corrected chi connectivity index (χ0v) is 13.5. The number of hydrogen-bond acceptors (Lipinski definition) is 3. The molecule has 0 unspecified atom stereocenters. The molecule has 4 nitrogen and oxygen atoms in total. The summed E-state index contributed by atoms with van der Waals surface area (Å²) in [6.45, 7) is 5.30. The van der Waals surface area contributed by atoms with Gasteiger partial charge in [-0.05, 0) is 24.5 Å². The van der Waals surface area contributed by atoms with Gasteiger partial charge in [0.1, 0.15) is 5.82 Å². The molecule has 0 saturated heterocycles. The number of carbonyl (C=O) groups is 1. The summed E-state index contributed by atoms with van der Waals surface area (Å²) in [4.78, 5) is 16.2. The third kappa shape index (κ3) is 5.36. The van der Waals surface area contributed by atoms with E-state index in [9.17, 15) is 9.18 Å². The van der Waals surface area contributed by atoms with E-state index >= 15 is 0 Å². The van der Waals surface area contributed by atoms with Crippen LogP contribution >= 0.6 is 0 Å².